The summed E-state index contributed by atoms with van der Waals surface area (Å²) in [7, 11) is 1.57. The van der Waals surface area contributed by atoms with Gasteiger partial charge >= 0.3 is 5.97 Å². The van der Waals surface area contributed by atoms with Crippen molar-refractivity contribution >= 4 is 5.97 Å². The molecule has 110 valence electrons. The maximum Gasteiger partial charge on any atom is 0.309 e. The van der Waals surface area contributed by atoms with Crippen LogP contribution in [0.15, 0.2) is 24.3 Å². The smallest absolute Gasteiger partial charge is 0.309 e. The highest BCUT2D eigenvalue weighted by atomic mass is 16.5. The molecule has 20 heavy (non-hydrogen) atoms. The molecule has 1 aliphatic rings. The first-order valence-electron chi connectivity index (χ1n) is 7.02. The van der Waals surface area contributed by atoms with Crippen molar-refractivity contribution in [2.45, 2.75) is 38.7 Å². The van der Waals surface area contributed by atoms with Crippen molar-refractivity contribution in [3.05, 3.63) is 29.8 Å². The molecule has 0 radical (unpaired) electrons. The number of benzene rings is 1. The number of carboxylic acids is 1. The molecule has 0 spiro atoms. The van der Waals surface area contributed by atoms with Gasteiger partial charge in [-0.15, -0.1) is 0 Å². The number of aliphatic hydroxyl groups is 1. The lowest BCUT2D eigenvalue weighted by Crippen LogP contribution is -2.30. The molecule has 1 aromatic rings. The van der Waals surface area contributed by atoms with E-state index < -0.39 is 17.5 Å². The summed E-state index contributed by atoms with van der Waals surface area (Å²) in [6, 6.07) is 7.18. The zero-order chi connectivity index (χ0) is 14.8. The fourth-order valence-electron chi connectivity index (χ4n) is 3.20. The van der Waals surface area contributed by atoms with E-state index in [-0.39, 0.29) is 6.42 Å². The Bertz CT molecular complexity index is 485. The Morgan fingerprint density at radius 2 is 2.30 bits per heavy atom. The predicted octanol–water partition coefficient (Wildman–Crippen LogP) is 3.01. The van der Waals surface area contributed by atoms with Crippen LogP contribution in [0.2, 0.25) is 0 Å². The molecule has 0 heterocycles. The van der Waals surface area contributed by atoms with E-state index in [1.165, 1.54) is 0 Å². The predicted molar refractivity (Wildman–Crippen MR) is 75.7 cm³/mol. The molecule has 3 atom stereocenters. The minimum Gasteiger partial charge on any atom is -0.497 e. The van der Waals surface area contributed by atoms with Gasteiger partial charge in [0.1, 0.15) is 5.75 Å². The van der Waals surface area contributed by atoms with E-state index in [0.29, 0.717) is 30.1 Å². The van der Waals surface area contributed by atoms with E-state index in [1.807, 2.05) is 6.07 Å². The third-order valence-corrected chi connectivity index (χ3v) is 4.37. The number of hydrogen-bond donors (Lipinski definition) is 2. The van der Waals surface area contributed by atoms with Crippen LogP contribution in [-0.4, -0.2) is 23.3 Å². The first kappa shape index (κ1) is 14.9. The summed E-state index contributed by atoms with van der Waals surface area (Å²) in [5, 5.41) is 19.9. The third kappa shape index (κ3) is 2.96. The molecule has 0 aromatic heterocycles. The van der Waals surface area contributed by atoms with E-state index in [1.54, 1.807) is 25.3 Å². The fourth-order valence-corrected chi connectivity index (χ4v) is 3.20. The zero-order valence-electron chi connectivity index (χ0n) is 12.0. The average Bonchev–Trinajstić information content (AvgIpc) is 2.81. The number of rotatable bonds is 5. The standard InChI is InChI=1S/C16H22O4/c1-11-6-7-16(9-11,15(18)19)10-14(17)12-4-3-5-13(8-12)20-2/h3-5,8,11,14,17H,6-7,9-10H2,1-2H3,(H,18,19). The molecule has 2 rings (SSSR count). The van der Waals surface area contributed by atoms with Gasteiger partial charge in [0, 0.05) is 0 Å². The van der Waals surface area contributed by atoms with Crippen LogP contribution in [0.5, 0.6) is 5.75 Å². The summed E-state index contributed by atoms with van der Waals surface area (Å²) >= 11 is 0. The number of ether oxygens (including phenoxy) is 1. The highest BCUT2D eigenvalue weighted by Crippen LogP contribution is 2.47. The summed E-state index contributed by atoms with van der Waals surface area (Å²) in [4.78, 5) is 11.6. The summed E-state index contributed by atoms with van der Waals surface area (Å²) in [6.07, 6.45) is 1.69. The molecule has 1 saturated carbocycles. The van der Waals surface area contributed by atoms with Crippen LogP contribution >= 0.6 is 0 Å². The Hall–Kier alpha value is -1.55. The van der Waals surface area contributed by atoms with Gasteiger partial charge < -0.3 is 14.9 Å². The van der Waals surface area contributed by atoms with Gasteiger partial charge in [-0.25, -0.2) is 0 Å². The number of aliphatic carboxylic acids is 1. The lowest BCUT2D eigenvalue weighted by molar-refractivity contribution is -0.151. The molecule has 1 aliphatic carbocycles. The Morgan fingerprint density at radius 3 is 2.85 bits per heavy atom. The number of carboxylic acid groups (broad SMARTS) is 1. The first-order valence-corrected chi connectivity index (χ1v) is 7.02. The van der Waals surface area contributed by atoms with Gasteiger partial charge in [-0.3, -0.25) is 4.79 Å². The molecule has 0 amide bonds. The molecule has 0 saturated heterocycles. The summed E-state index contributed by atoms with van der Waals surface area (Å²) in [5.74, 6) is 0.290. The minimum absolute atomic E-state index is 0.264. The van der Waals surface area contributed by atoms with Crippen LogP contribution in [-0.2, 0) is 4.79 Å². The van der Waals surface area contributed by atoms with Crippen LogP contribution in [0.25, 0.3) is 0 Å². The van der Waals surface area contributed by atoms with Crippen molar-refractivity contribution in [1.82, 2.24) is 0 Å². The normalized spacial score (nSPS) is 27.2. The monoisotopic (exact) mass is 278 g/mol. The van der Waals surface area contributed by atoms with E-state index in [9.17, 15) is 15.0 Å². The molecule has 0 bridgehead atoms. The topological polar surface area (TPSA) is 66.8 Å². The van der Waals surface area contributed by atoms with Gasteiger partial charge in [0.25, 0.3) is 0 Å². The van der Waals surface area contributed by atoms with Crippen molar-refractivity contribution in [2.75, 3.05) is 7.11 Å². The number of aliphatic hydroxyl groups excluding tert-OH is 1. The van der Waals surface area contributed by atoms with Crippen molar-refractivity contribution < 1.29 is 19.7 Å². The second-order valence-electron chi connectivity index (χ2n) is 5.93. The van der Waals surface area contributed by atoms with Crippen LogP contribution in [0.3, 0.4) is 0 Å². The zero-order valence-corrected chi connectivity index (χ0v) is 12.0. The van der Waals surface area contributed by atoms with Gasteiger partial charge in [-0.1, -0.05) is 19.1 Å². The van der Waals surface area contributed by atoms with Gasteiger partial charge in [0.05, 0.1) is 18.6 Å². The van der Waals surface area contributed by atoms with Gasteiger partial charge in [0.2, 0.25) is 0 Å². The highest BCUT2D eigenvalue weighted by Gasteiger charge is 2.45. The Kier molecular flexibility index (Phi) is 4.33. The average molecular weight is 278 g/mol. The second-order valence-corrected chi connectivity index (χ2v) is 5.93. The highest BCUT2D eigenvalue weighted by molar-refractivity contribution is 5.75. The molecule has 1 fully saturated rings. The van der Waals surface area contributed by atoms with E-state index in [0.717, 1.165) is 6.42 Å². The first-order chi connectivity index (χ1) is 9.47. The molecular formula is C16H22O4. The van der Waals surface area contributed by atoms with Crippen molar-refractivity contribution in [1.29, 1.82) is 0 Å². The Balaban J connectivity index is 2.16. The van der Waals surface area contributed by atoms with E-state index >= 15 is 0 Å². The van der Waals surface area contributed by atoms with E-state index in [2.05, 4.69) is 6.92 Å². The summed E-state index contributed by atoms with van der Waals surface area (Å²) in [6.45, 7) is 2.07. The quantitative estimate of drug-likeness (QED) is 0.869. The summed E-state index contributed by atoms with van der Waals surface area (Å²) < 4.78 is 5.14. The van der Waals surface area contributed by atoms with Crippen molar-refractivity contribution in [3.8, 4) is 5.75 Å². The van der Waals surface area contributed by atoms with Crippen LogP contribution in [0.4, 0.5) is 0 Å². The Morgan fingerprint density at radius 1 is 1.55 bits per heavy atom. The largest absolute Gasteiger partial charge is 0.497 e. The molecule has 4 heteroatoms. The SMILES string of the molecule is COc1cccc(C(O)CC2(C(=O)O)CCC(C)C2)c1. The molecule has 3 unspecified atom stereocenters. The molecule has 4 nitrogen and oxygen atoms in total. The summed E-state index contributed by atoms with van der Waals surface area (Å²) in [5.41, 5.74) is -0.0772. The molecule has 0 aliphatic heterocycles. The van der Waals surface area contributed by atoms with Crippen LogP contribution in [0, 0.1) is 11.3 Å². The van der Waals surface area contributed by atoms with Crippen LogP contribution in [0.1, 0.15) is 44.3 Å². The minimum atomic E-state index is -0.790. The van der Waals surface area contributed by atoms with E-state index in [4.69, 9.17) is 4.74 Å². The van der Waals surface area contributed by atoms with Gasteiger partial charge in [-0.05, 0) is 49.3 Å². The van der Waals surface area contributed by atoms with Gasteiger partial charge in [0.15, 0.2) is 0 Å². The third-order valence-electron chi connectivity index (χ3n) is 4.37. The van der Waals surface area contributed by atoms with Crippen LogP contribution < -0.4 is 4.74 Å². The lowest BCUT2D eigenvalue weighted by atomic mass is 9.78. The number of methoxy groups -OCH3 is 1. The second kappa shape index (κ2) is 5.83. The van der Waals surface area contributed by atoms with Crippen molar-refractivity contribution in [2.24, 2.45) is 11.3 Å². The maximum atomic E-state index is 11.6. The fraction of sp³-hybridized carbons (Fsp3) is 0.562. The van der Waals surface area contributed by atoms with Crippen molar-refractivity contribution in [3.63, 3.8) is 0 Å². The Labute approximate surface area is 119 Å². The molecular weight excluding hydrogens is 256 g/mol. The molecule has 2 N–H and O–H groups in total. The lowest BCUT2D eigenvalue weighted by Gasteiger charge is -2.27. The number of carbonyl (C=O) groups is 1. The van der Waals surface area contributed by atoms with Gasteiger partial charge in [-0.2, -0.15) is 0 Å². The maximum absolute atomic E-state index is 11.6. The number of hydrogen-bond acceptors (Lipinski definition) is 3. The molecule has 1 aromatic carbocycles.